The summed E-state index contributed by atoms with van der Waals surface area (Å²) >= 11 is 3.37. The van der Waals surface area contributed by atoms with Gasteiger partial charge >= 0.3 is 0 Å². The summed E-state index contributed by atoms with van der Waals surface area (Å²) in [6.07, 6.45) is 0.905. The van der Waals surface area contributed by atoms with Crippen molar-refractivity contribution in [1.82, 2.24) is 0 Å². The Balaban J connectivity index is 2.03. The van der Waals surface area contributed by atoms with Gasteiger partial charge in [0.15, 0.2) is 5.43 Å². The van der Waals surface area contributed by atoms with Crippen LogP contribution in [0.1, 0.15) is 12.0 Å². The minimum absolute atomic E-state index is 0.0435. The van der Waals surface area contributed by atoms with Gasteiger partial charge in [0.25, 0.3) is 0 Å². The molecule has 4 nitrogen and oxygen atoms in total. The lowest BCUT2D eigenvalue weighted by Gasteiger charge is -2.10. The molecule has 0 bridgehead atoms. The molecule has 0 radical (unpaired) electrons. The molecule has 3 aromatic rings. The van der Waals surface area contributed by atoms with Gasteiger partial charge in [0, 0.05) is 16.5 Å². The Bertz CT molecular complexity index is 929. The average Bonchev–Trinajstić information content (AvgIpc) is 2.65. The number of benzene rings is 2. The molecule has 130 valence electrons. The molecule has 0 unspecified atom stereocenters. The van der Waals surface area contributed by atoms with E-state index in [-0.39, 0.29) is 5.43 Å². The standard InChI is InChI=1S/C20H19BrO4/c1-13-19(22)17-12-16(24-11-3-10-21)8-9-18(17)25-20(13)14-4-6-15(23-2)7-5-14/h4-9,12H,3,10-11H2,1-2H3. The Morgan fingerprint density at radius 2 is 1.80 bits per heavy atom. The molecule has 1 heterocycles. The number of ether oxygens (including phenoxy) is 2. The summed E-state index contributed by atoms with van der Waals surface area (Å²) in [6, 6.07) is 12.8. The summed E-state index contributed by atoms with van der Waals surface area (Å²) < 4.78 is 16.8. The molecule has 0 fully saturated rings. The van der Waals surface area contributed by atoms with Gasteiger partial charge in [-0.05, 0) is 55.8 Å². The highest BCUT2D eigenvalue weighted by Crippen LogP contribution is 2.28. The third kappa shape index (κ3) is 3.71. The molecular weight excluding hydrogens is 384 g/mol. The van der Waals surface area contributed by atoms with E-state index >= 15 is 0 Å². The van der Waals surface area contributed by atoms with Crippen molar-refractivity contribution in [3.8, 4) is 22.8 Å². The lowest BCUT2D eigenvalue weighted by molar-refractivity contribution is 0.319. The zero-order valence-corrected chi connectivity index (χ0v) is 15.8. The summed E-state index contributed by atoms with van der Waals surface area (Å²) in [6.45, 7) is 2.38. The van der Waals surface area contributed by atoms with Crippen molar-refractivity contribution in [3.63, 3.8) is 0 Å². The number of rotatable bonds is 6. The first kappa shape index (κ1) is 17.5. The molecule has 0 aliphatic rings. The van der Waals surface area contributed by atoms with Gasteiger partial charge in [0.2, 0.25) is 0 Å². The highest BCUT2D eigenvalue weighted by molar-refractivity contribution is 9.09. The molecule has 3 rings (SSSR count). The predicted octanol–water partition coefficient (Wildman–Crippen LogP) is 4.94. The second-order valence-corrected chi connectivity index (χ2v) is 6.46. The lowest BCUT2D eigenvalue weighted by Crippen LogP contribution is -2.08. The Kier molecular flexibility index (Phi) is 5.43. The maximum absolute atomic E-state index is 12.8. The molecule has 25 heavy (non-hydrogen) atoms. The van der Waals surface area contributed by atoms with E-state index in [1.807, 2.05) is 30.3 Å². The maximum atomic E-state index is 12.8. The highest BCUT2D eigenvalue weighted by atomic mass is 79.9. The molecule has 0 spiro atoms. The first-order chi connectivity index (χ1) is 12.1. The second-order valence-electron chi connectivity index (χ2n) is 5.66. The van der Waals surface area contributed by atoms with Crippen molar-refractivity contribution in [2.45, 2.75) is 13.3 Å². The second kappa shape index (κ2) is 7.74. The fourth-order valence-corrected chi connectivity index (χ4v) is 2.85. The maximum Gasteiger partial charge on any atom is 0.196 e. The zero-order valence-electron chi connectivity index (χ0n) is 14.2. The summed E-state index contributed by atoms with van der Waals surface area (Å²) in [5.41, 5.74) is 1.93. The monoisotopic (exact) mass is 402 g/mol. The third-order valence-corrected chi connectivity index (χ3v) is 4.55. The van der Waals surface area contributed by atoms with Crippen molar-refractivity contribution in [1.29, 1.82) is 0 Å². The van der Waals surface area contributed by atoms with Gasteiger partial charge in [0.1, 0.15) is 22.8 Å². The van der Waals surface area contributed by atoms with E-state index in [0.717, 1.165) is 23.1 Å². The van der Waals surface area contributed by atoms with Crippen molar-refractivity contribution < 1.29 is 13.9 Å². The smallest absolute Gasteiger partial charge is 0.196 e. The normalized spacial score (nSPS) is 10.8. The van der Waals surface area contributed by atoms with Crippen LogP contribution in [0.25, 0.3) is 22.3 Å². The molecule has 5 heteroatoms. The van der Waals surface area contributed by atoms with Gasteiger partial charge < -0.3 is 13.9 Å². The summed E-state index contributed by atoms with van der Waals surface area (Å²) in [4.78, 5) is 12.8. The van der Waals surface area contributed by atoms with Gasteiger partial charge in [-0.2, -0.15) is 0 Å². The third-order valence-electron chi connectivity index (χ3n) is 3.99. The Hall–Kier alpha value is -2.27. The number of hydrogen-bond donors (Lipinski definition) is 0. The summed E-state index contributed by atoms with van der Waals surface area (Å²) in [5, 5.41) is 1.42. The van der Waals surface area contributed by atoms with Crippen LogP contribution in [0, 0.1) is 6.92 Å². The van der Waals surface area contributed by atoms with E-state index in [9.17, 15) is 4.79 Å². The van der Waals surface area contributed by atoms with Crippen LogP contribution in [0.4, 0.5) is 0 Å². The van der Waals surface area contributed by atoms with Crippen LogP contribution >= 0.6 is 15.9 Å². The molecule has 0 atom stereocenters. The largest absolute Gasteiger partial charge is 0.497 e. The highest BCUT2D eigenvalue weighted by Gasteiger charge is 2.13. The van der Waals surface area contributed by atoms with Gasteiger partial charge in [-0.15, -0.1) is 0 Å². The zero-order chi connectivity index (χ0) is 17.8. The molecule has 0 aliphatic carbocycles. The molecule has 1 aromatic heterocycles. The molecule has 0 amide bonds. The Morgan fingerprint density at radius 3 is 2.48 bits per heavy atom. The number of hydrogen-bond acceptors (Lipinski definition) is 4. The molecule has 0 saturated heterocycles. The van der Waals surface area contributed by atoms with Crippen molar-refractivity contribution >= 4 is 26.9 Å². The van der Waals surface area contributed by atoms with Gasteiger partial charge in [-0.25, -0.2) is 0 Å². The summed E-state index contributed by atoms with van der Waals surface area (Å²) in [5.74, 6) is 2.01. The first-order valence-corrected chi connectivity index (χ1v) is 9.17. The van der Waals surface area contributed by atoms with Crippen LogP contribution in [0.2, 0.25) is 0 Å². The SMILES string of the molecule is COc1ccc(-c2oc3ccc(OCCCBr)cc3c(=O)c2C)cc1. The number of halogens is 1. The van der Waals surface area contributed by atoms with Crippen molar-refractivity contribution in [2.75, 3.05) is 19.0 Å². The van der Waals surface area contributed by atoms with Crippen molar-refractivity contribution in [2.24, 2.45) is 0 Å². The van der Waals surface area contributed by atoms with Gasteiger partial charge in [-0.3, -0.25) is 4.79 Å². The van der Waals surface area contributed by atoms with Crippen LogP contribution in [0.5, 0.6) is 11.5 Å². The number of alkyl halides is 1. The van der Waals surface area contributed by atoms with E-state index in [1.165, 1.54) is 0 Å². The molecular formula is C20H19BrO4. The van der Waals surface area contributed by atoms with E-state index in [4.69, 9.17) is 13.9 Å². The lowest BCUT2D eigenvalue weighted by atomic mass is 10.1. The number of methoxy groups -OCH3 is 1. The van der Waals surface area contributed by atoms with E-state index in [2.05, 4.69) is 15.9 Å². The fraction of sp³-hybridized carbons (Fsp3) is 0.250. The minimum Gasteiger partial charge on any atom is -0.497 e. The Labute approximate surface area is 154 Å². The van der Waals surface area contributed by atoms with E-state index in [1.54, 1.807) is 26.2 Å². The molecule has 0 saturated carbocycles. The van der Waals surface area contributed by atoms with Crippen LogP contribution in [0.3, 0.4) is 0 Å². The van der Waals surface area contributed by atoms with Crippen LogP contribution in [-0.4, -0.2) is 19.0 Å². The molecule has 0 N–H and O–H groups in total. The fourth-order valence-electron chi connectivity index (χ4n) is 2.62. The van der Waals surface area contributed by atoms with E-state index < -0.39 is 0 Å². The predicted molar refractivity (Wildman–Crippen MR) is 103 cm³/mol. The van der Waals surface area contributed by atoms with Gasteiger partial charge in [0.05, 0.1) is 19.1 Å². The minimum atomic E-state index is -0.0435. The summed E-state index contributed by atoms with van der Waals surface area (Å²) in [7, 11) is 1.62. The van der Waals surface area contributed by atoms with Crippen LogP contribution < -0.4 is 14.9 Å². The average molecular weight is 403 g/mol. The molecule has 0 aliphatic heterocycles. The van der Waals surface area contributed by atoms with E-state index in [0.29, 0.717) is 34.6 Å². The van der Waals surface area contributed by atoms with Gasteiger partial charge in [-0.1, -0.05) is 15.9 Å². The first-order valence-electron chi connectivity index (χ1n) is 8.04. The quantitative estimate of drug-likeness (QED) is 0.432. The van der Waals surface area contributed by atoms with Crippen LogP contribution in [-0.2, 0) is 0 Å². The number of fused-ring (bicyclic) bond motifs is 1. The van der Waals surface area contributed by atoms with Crippen LogP contribution in [0.15, 0.2) is 51.7 Å². The Morgan fingerprint density at radius 1 is 1.08 bits per heavy atom. The van der Waals surface area contributed by atoms with Crippen molar-refractivity contribution in [3.05, 3.63) is 58.3 Å². The molecule has 2 aromatic carbocycles. The topological polar surface area (TPSA) is 48.7 Å².